The van der Waals surface area contributed by atoms with Gasteiger partial charge in [0.2, 0.25) is 0 Å². The minimum absolute atomic E-state index is 0.292. The molecule has 1 heteroatoms. The van der Waals surface area contributed by atoms with E-state index in [1.54, 1.807) is 0 Å². The Morgan fingerprint density at radius 1 is 0.950 bits per heavy atom. The minimum atomic E-state index is 0.292. The molecule has 0 nitrogen and oxygen atoms in total. The molecule has 0 bridgehead atoms. The maximum absolute atomic E-state index is 3.85. The molecule has 0 N–H and O–H groups in total. The molecule has 20 heavy (non-hydrogen) atoms. The maximum atomic E-state index is 3.85. The molecular weight excluding hydrogens is 308 g/mol. The highest BCUT2D eigenvalue weighted by molar-refractivity contribution is 9.09. The van der Waals surface area contributed by atoms with E-state index in [2.05, 4.69) is 67.9 Å². The fourth-order valence-corrected chi connectivity index (χ4v) is 3.07. The van der Waals surface area contributed by atoms with Crippen molar-refractivity contribution >= 4 is 15.9 Å². The average Bonchev–Trinajstić information content (AvgIpc) is 2.47. The van der Waals surface area contributed by atoms with Gasteiger partial charge in [-0.25, -0.2) is 0 Å². The van der Waals surface area contributed by atoms with E-state index in [4.69, 9.17) is 0 Å². The molecule has 1 aromatic rings. The Morgan fingerprint density at radius 3 is 2.10 bits per heavy atom. The number of hydrogen-bond donors (Lipinski definition) is 0. The quantitative estimate of drug-likeness (QED) is 0.330. The van der Waals surface area contributed by atoms with E-state index in [-0.39, 0.29) is 0 Å². The molecule has 0 amide bonds. The maximum Gasteiger partial charge on any atom is 0.0395 e. The lowest BCUT2D eigenvalue weighted by molar-refractivity contribution is 0.506. The normalized spacial score (nSPS) is 13.4. The SMILES string of the molecule is CCCCCCCC(Br)c1ccc(C(C)(C)CC)cc1. The van der Waals surface area contributed by atoms with E-state index in [0.717, 1.165) is 0 Å². The third kappa shape index (κ3) is 5.60. The number of benzene rings is 1. The van der Waals surface area contributed by atoms with Gasteiger partial charge < -0.3 is 0 Å². The Bertz CT molecular complexity index is 364. The lowest BCUT2D eigenvalue weighted by Crippen LogP contribution is -2.15. The molecule has 0 aromatic heterocycles. The van der Waals surface area contributed by atoms with Crippen LogP contribution in [0.2, 0.25) is 0 Å². The topological polar surface area (TPSA) is 0 Å². The van der Waals surface area contributed by atoms with Gasteiger partial charge in [0.25, 0.3) is 0 Å². The highest BCUT2D eigenvalue weighted by atomic mass is 79.9. The fraction of sp³-hybridized carbons (Fsp3) is 0.684. The van der Waals surface area contributed by atoms with Crippen molar-refractivity contribution in [2.75, 3.05) is 0 Å². The Morgan fingerprint density at radius 2 is 1.55 bits per heavy atom. The van der Waals surface area contributed by atoms with Gasteiger partial charge in [-0.2, -0.15) is 0 Å². The standard InChI is InChI=1S/C19H31Br/c1-5-7-8-9-10-11-18(20)16-12-14-17(15-13-16)19(3,4)6-2/h12-15,18H,5-11H2,1-4H3. The summed E-state index contributed by atoms with van der Waals surface area (Å²) in [5.74, 6) is 0. The van der Waals surface area contributed by atoms with Crippen LogP contribution in [0.5, 0.6) is 0 Å². The Kier molecular flexibility index (Phi) is 7.87. The van der Waals surface area contributed by atoms with Gasteiger partial charge in [0.15, 0.2) is 0 Å². The van der Waals surface area contributed by atoms with Crippen molar-refractivity contribution in [3.8, 4) is 0 Å². The van der Waals surface area contributed by atoms with Crippen LogP contribution in [0, 0.1) is 0 Å². The van der Waals surface area contributed by atoms with Gasteiger partial charge in [-0.3, -0.25) is 0 Å². The molecule has 1 atom stereocenters. The van der Waals surface area contributed by atoms with Gasteiger partial charge in [0.1, 0.15) is 0 Å². The summed E-state index contributed by atoms with van der Waals surface area (Å²) in [5.41, 5.74) is 3.17. The largest absolute Gasteiger partial charge is 0.0839 e. The first-order valence-corrected chi connectivity index (χ1v) is 9.17. The van der Waals surface area contributed by atoms with Crippen LogP contribution in [0.1, 0.15) is 88.6 Å². The first-order valence-electron chi connectivity index (χ1n) is 8.25. The summed E-state index contributed by atoms with van der Waals surface area (Å²) in [4.78, 5) is 0.517. The molecule has 0 fully saturated rings. The summed E-state index contributed by atoms with van der Waals surface area (Å²) in [6.07, 6.45) is 9.23. The van der Waals surface area contributed by atoms with E-state index in [1.165, 1.54) is 56.1 Å². The smallest absolute Gasteiger partial charge is 0.0395 e. The first kappa shape index (κ1) is 17.8. The van der Waals surface area contributed by atoms with E-state index >= 15 is 0 Å². The van der Waals surface area contributed by atoms with E-state index in [0.29, 0.717) is 10.2 Å². The van der Waals surface area contributed by atoms with Crippen LogP contribution in [0.3, 0.4) is 0 Å². The van der Waals surface area contributed by atoms with Crippen LogP contribution in [-0.2, 0) is 5.41 Å². The molecule has 0 aliphatic rings. The van der Waals surface area contributed by atoms with Crippen LogP contribution in [-0.4, -0.2) is 0 Å². The molecule has 0 saturated heterocycles. The predicted octanol–water partition coefficient (Wildman–Crippen LogP) is 7.17. The number of unbranched alkanes of at least 4 members (excludes halogenated alkanes) is 4. The van der Waals surface area contributed by atoms with Gasteiger partial charge in [-0.15, -0.1) is 0 Å². The summed E-state index contributed by atoms with van der Waals surface area (Å²) in [6, 6.07) is 9.23. The second-order valence-electron chi connectivity index (χ2n) is 6.53. The van der Waals surface area contributed by atoms with Crippen LogP contribution < -0.4 is 0 Å². The van der Waals surface area contributed by atoms with Crippen LogP contribution >= 0.6 is 15.9 Å². The lowest BCUT2D eigenvalue weighted by Gasteiger charge is -2.24. The van der Waals surface area contributed by atoms with Gasteiger partial charge in [-0.1, -0.05) is 100.0 Å². The molecule has 0 radical (unpaired) electrons. The first-order chi connectivity index (χ1) is 9.51. The van der Waals surface area contributed by atoms with Crippen molar-refractivity contribution in [3.63, 3.8) is 0 Å². The zero-order valence-corrected chi connectivity index (χ0v) is 15.3. The Balaban J connectivity index is 2.47. The third-order valence-electron chi connectivity index (χ3n) is 4.50. The predicted molar refractivity (Wildman–Crippen MR) is 94.8 cm³/mol. The highest BCUT2D eigenvalue weighted by Gasteiger charge is 2.18. The second kappa shape index (κ2) is 8.87. The molecule has 0 heterocycles. The highest BCUT2D eigenvalue weighted by Crippen LogP contribution is 2.32. The van der Waals surface area contributed by atoms with Crippen molar-refractivity contribution in [2.45, 2.75) is 82.9 Å². The van der Waals surface area contributed by atoms with E-state index in [1.807, 2.05) is 0 Å². The number of alkyl halides is 1. The Labute approximate surface area is 134 Å². The van der Waals surface area contributed by atoms with Crippen LogP contribution in [0.4, 0.5) is 0 Å². The summed E-state index contributed by atoms with van der Waals surface area (Å²) < 4.78 is 0. The van der Waals surface area contributed by atoms with Crippen LogP contribution in [0.25, 0.3) is 0 Å². The van der Waals surface area contributed by atoms with Gasteiger partial charge in [0.05, 0.1) is 0 Å². The number of halogens is 1. The molecule has 1 aromatic carbocycles. The second-order valence-corrected chi connectivity index (χ2v) is 7.64. The molecular formula is C19H31Br. The van der Waals surface area contributed by atoms with Gasteiger partial charge in [-0.05, 0) is 29.4 Å². The summed E-state index contributed by atoms with van der Waals surface area (Å²) in [6.45, 7) is 9.17. The monoisotopic (exact) mass is 338 g/mol. The van der Waals surface area contributed by atoms with Crippen molar-refractivity contribution in [2.24, 2.45) is 0 Å². The minimum Gasteiger partial charge on any atom is -0.0839 e. The molecule has 0 saturated carbocycles. The molecule has 1 rings (SSSR count). The summed E-state index contributed by atoms with van der Waals surface area (Å²) in [5, 5.41) is 0. The van der Waals surface area contributed by atoms with Crippen molar-refractivity contribution in [1.82, 2.24) is 0 Å². The molecule has 0 spiro atoms. The van der Waals surface area contributed by atoms with Crippen molar-refractivity contribution in [3.05, 3.63) is 35.4 Å². The van der Waals surface area contributed by atoms with Crippen LogP contribution in [0.15, 0.2) is 24.3 Å². The molecule has 0 aliphatic heterocycles. The summed E-state index contributed by atoms with van der Waals surface area (Å²) in [7, 11) is 0. The zero-order valence-electron chi connectivity index (χ0n) is 13.7. The fourth-order valence-electron chi connectivity index (χ4n) is 2.44. The van der Waals surface area contributed by atoms with Gasteiger partial charge in [0, 0.05) is 4.83 Å². The summed E-state index contributed by atoms with van der Waals surface area (Å²) >= 11 is 3.85. The molecule has 114 valence electrons. The lowest BCUT2D eigenvalue weighted by atomic mass is 9.82. The van der Waals surface area contributed by atoms with Crippen molar-refractivity contribution < 1.29 is 0 Å². The number of rotatable bonds is 9. The Hall–Kier alpha value is -0.300. The third-order valence-corrected chi connectivity index (χ3v) is 5.49. The van der Waals surface area contributed by atoms with Gasteiger partial charge >= 0.3 is 0 Å². The van der Waals surface area contributed by atoms with E-state index < -0.39 is 0 Å². The average molecular weight is 339 g/mol. The molecule has 0 aliphatic carbocycles. The van der Waals surface area contributed by atoms with Crippen molar-refractivity contribution in [1.29, 1.82) is 0 Å². The molecule has 1 unspecified atom stereocenters. The zero-order chi connectivity index (χ0) is 15.0. The van der Waals surface area contributed by atoms with E-state index in [9.17, 15) is 0 Å². The number of hydrogen-bond acceptors (Lipinski definition) is 0.